The summed E-state index contributed by atoms with van der Waals surface area (Å²) in [5.41, 5.74) is 3.19. The quantitative estimate of drug-likeness (QED) is 0.606. The van der Waals surface area contributed by atoms with Crippen LogP contribution in [0.25, 0.3) is 0 Å². The SMILES string of the molecule is COc1ccc(C=NNC(=O)[C@H](C)Oc2ccc(Cl)cc2)cc1OC. The molecule has 2 aromatic rings. The molecule has 0 aliphatic heterocycles. The lowest BCUT2D eigenvalue weighted by Crippen LogP contribution is -2.33. The van der Waals surface area contributed by atoms with Crippen LogP contribution in [0.4, 0.5) is 0 Å². The molecule has 6 nitrogen and oxygen atoms in total. The number of hydrazone groups is 1. The van der Waals surface area contributed by atoms with Crippen LogP contribution in [0.2, 0.25) is 5.02 Å². The molecule has 0 heterocycles. The third kappa shape index (κ3) is 5.39. The Hall–Kier alpha value is -2.73. The summed E-state index contributed by atoms with van der Waals surface area (Å²) in [6, 6.07) is 12.1. The highest BCUT2D eigenvalue weighted by molar-refractivity contribution is 6.30. The molecule has 0 aliphatic carbocycles. The number of rotatable bonds is 7. The highest BCUT2D eigenvalue weighted by Gasteiger charge is 2.13. The zero-order valence-electron chi connectivity index (χ0n) is 14.2. The van der Waals surface area contributed by atoms with Crippen molar-refractivity contribution in [1.82, 2.24) is 5.43 Å². The summed E-state index contributed by atoms with van der Waals surface area (Å²) in [4.78, 5) is 12.0. The van der Waals surface area contributed by atoms with E-state index in [-0.39, 0.29) is 5.91 Å². The van der Waals surface area contributed by atoms with Gasteiger partial charge < -0.3 is 14.2 Å². The first-order valence-electron chi connectivity index (χ1n) is 7.50. The van der Waals surface area contributed by atoms with E-state index >= 15 is 0 Å². The number of ether oxygens (including phenoxy) is 3. The van der Waals surface area contributed by atoms with E-state index in [0.717, 1.165) is 5.56 Å². The molecular weight excluding hydrogens is 344 g/mol. The monoisotopic (exact) mass is 362 g/mol. The number of benzene rings is 2. The van der Waals surface area contributed by atoms with Gasteiger partial charge in [-0.3, -0.25) is 4.79 Å². The second-order valence-corrected chi connectivity index (χ2v) is 5.50. The Kier molecular flexibility index (Phi) is 6.65. The first-order chi connectivity index (χ1) is 12.0. The van der Waals surface area contributed by atoms with Crippen LogP contribution in [-0.2, 0) is 4.79 Å². The topological polar surface area (TPSA) is 69.2 Å². The van der Waals surface area contributed by atoms with Gasteiger partial charge in [0.15, 0.2) is 17.6 Å². The fourth-order valence-corrected chi connectivity index (χ4v) is 2.09. The minimum Gasteiger partial charge on any atom is -0.493 e. The molecule has 1 N–H and O–H groups in total. The number of amides is 1. The molecule has 132 valence electrons. The minimum atomic E-state index is -0.705. The summed E-state index contributed by atoms with van der Waals surface area (Å²) in [5, 5.41) is 4.53. The highest BCUT2D eigenvalue weighted by atomic mass is 35.5. The maximum atomic E-state index is 12.0. The molecule has 0 aromatic heterocycles. The van der Waals surface area contributed by atoms with Crippen molar-refractivity contribution in [3.63, 3.8) is 0 Å². The van der Waals surface area contributed by atoms with E-state index in [1.165, 1.54) is 6.21 Å². The van der Waals surface area contributed by atoms with Gasteiger partial charge in [0.1, 0.15) is 5.75 Å². The van der Waals surface area contributed by atoms with Gasteiger partial charge in [-0.1, -0.05) is 11.6 Å². The number of nitrogens with one attached hydrogen (secondary N) is 1. The van der Waals surface area contributed by atoms with E-state index in [9.17, 15) is 4.79 Å². The minimum absolute atomic E-state index is 0.369. The zero-order chi connectivity index (χ0) is 18.2. The first-order valence-corrected chi connectivity index (χ1v) is 7.88. The zero-order valence-corrected chi connectivity index (χ0v) is 14.9. The first kappa shape index (κ1) is 18.6. The molecule has 2 rings (SSSR count). The van der Waals surface area contributed by atoms with Gasteiger partial charge in [-0.2, -0.15) is 5.10 Å². The molecule has 1 atom stereocenters. The van der Waals surface area contributed by atoms with E-state index in [2.05, 4.69) is 10.5 Å². The molecule has 2 aromatic carbocycles. The Morgan fingerprint density at radius 3 is 2.44 bits per heavy atom. The van der Waals surface area contributed by atoms with Crippen LogP contribution in [0.3, 0.4) is 0 Å². The molecule has 0 spiro atoms. The van der Waals surface area contributed by atoms with Crippen LogP contribution in [0.15, 0.2) is 47.6 Å². The van der Waals surface area contributed by atoms with Gasteiger partial charge in [0.05, 0.1) is 20.4 Å². The van der Waals surface area contributed by atoms with Crippen LogP contribution in [0.1, 0.15) is 12.5 Å². The van der Waals surface area contributed by atoms with E-state index in [4.69, 9.17) is 25.8 Å². The second kappa shape index (κ2) is 8.94. The molecule has 0 saturated heterocycles. The molecule has 25 heavy (non-hydrogen) atoms. The number of halogens is 1. The number of hydrogen-bond acceptors (Lipinski definition) is 5. The number of nitrogens with zero attached hydrogens (tertiary/aromatic N) is 1. The van der Waals surface area contributed by atoms with Gasteiger partial charge in [-0.05, 0) is 55.0 Å². The fraction of sp³-hybridized carbons (Fsp3) is 0.222. The predicted molar refractivity (Wildman–Crippen MR) is 96.8 cm³/mol. The molecule has 1 amide bonds. The van der Waals surface area contributed by atoms with Gasteiger partial charge in [0, 0.05) is 5.02 Å². The van der Waals surface area contributed by atoms with Crippen LogP contribution >= 0.6 is 11.6 Å². The lowest BCUT2D eigenvalue weighted by molar-refractivity contribution is -0.127. The van der Waals surface area contributed by atoms with Gasteiger partial charge in [-0.25, -0.2) is 5.43 Å². The average molecular weight is 363 g/mol. The lowest BCUT2D eigenvalue weighted by atomic mass is 10.2. The van der Waals surface area contributed by atoms with Crippen LogP contribution in [0.5, 0.6) is 17.2 Å². The Morgan fingerprint density at radius 1 is 1.12 bits per heavy atom. The van der Waals surface area contributed by atoms with Crippen LogP contribution in [0, 0.1) is 0 Å². The largest absolute Gasteiger partial charge is 0.493 e. The lowest BCUT2D eigenvalue weighted by Gasteiger charge is -2.12. The molecule has 7 heteroatoms. The molecule has 0 radical (unpaired) electrons. The normalized spacial score (nSPS) is 11.8. The van der Waals surface area contributed by atoms with E-state index < -0.39 is 6.10 Å². The average Bonchev–Trinajstić information content (AvgIpc) is 2.63. The van der Waals surface area contributed by atoms with Gasteiger partial charge >= 0.3 is 0 Å². The van der Waals surface area contributed by atoms with E-state index in [1.807, 2.05) is 0 Å². The molecule has 0 bridgehead atoms. The number of hydrogen-bond donors (Lipinski definition) is 1. The van der Waals surface area contributed by atoms with Gasteiger partial charge in [0.2, 0.25) is 0 Å². The van der Waals surface area contributed by atoms with Crippen LogP contribution < -0.4 is 19.6 Å². The maximum Gasteiger partial charge on any atom is 0.280 e. The smallest absolute Gasteiger partial charge is 0.280 e. The third-order valence-electron chi connectivity index (χ3n) is 3.29. The Morgan fingerprint density at radius 2 is 1.80 bits per heavy atom. The molecule has 0 aliphatic rings. The summed E-state index contributed by atoms with van der Waals surface area (Å²) in [7, 11) is 3.12. The summed E-state index contributed by atoms with van der Waals surface area (Å²) in [5.74, 6) is 1.38. The predicted octanol–water partition coefficient (Wildman–Crippen LogP) is 3.27. The van der Waals surface area contributed by atoms with E-state index in [0.29, 0.717) is 22.3 Å². The van der Waals surface area contributed by atoms with Crippen LogP contribution in [-0.4, -0.2) is 32.4 Å². The number of methoxy groups -OCH3 is 2. The van der Waals surface area contributed by atoms with Crippen molar-refractivity contribution in [2.45, 2.75) is 13.0 Å². The summed E-state index contributed by atoms with van der Waals surface area (Å²) in [6.07, 6.45) is 0.804. The Labute approximate surface area is 151 Å². The van der Waals surface area contributed by atoms with Crippen molar-refractivity contribution in [2.75, 3.05) is 14.2 Å². The third-order valence-corrected chi connectivity index (χ3v) is 3.54. The highest BCUT2D eigenvalue weighted by Crippen LogP contribution is 2.26. The molecular formula is C18H19ClN2O4. The summed E-state index contributed by atoms with van der Waals surface area (Å²) < 4.78 is 15.9. The van der Waals surface area contributed by atoms with Gasteiger partial charge in [-0.15, -0.1) is 0 Å². The van der Waals surface area contributed by atoms with Crippen molar-refractivity contribution < 1.29 is 19.0 Å². The second-order valence-electron chi connectivity index (χ2n) is 5.06. The van der Waals surface area contributed by atoms with Crippen molar-refractivity contribution in [3.05, 3.63) is 53.1 Å². The standard InChI is InChI=1S/C18H19ClN2O4/c1-12(25-15-7-5-14(19)6-8-15)18(22)21-20-11-13-4-9-16(23-2)17(10-13)24-3/h4-12H,1-3H3,(H,21,22)/t12-/m0/s1. The number of carbonyl (C=O) groups excluding carboxylic acids is 1. The Bertz CT molecular complexity index is 747. The number of carbonyl (C=O) groups is 1. The fourth-order valence-electron chi connectivity index (χ4n) is 1.97. The van der Waals surface area contributed by atoms with Crippen molar-refractivity contribution in [1.29, 1.82) is 0 Å². The maximum absolute atomic E-state index is 12.0. The molecule has 0 saturated carbocycles. The molecule has 0 unspecified atom stereocenters. The Balaban J connectivity index is 1.92. The van der Waals surface area contributed by atoms with Crippen molar-refractivity contribution >= 4 is 23.7 Å². The summed E-state index contributed by atoms with van der Waals surface area (Å²) in [6.45, 7) is 1.63. The van der Waals surface area contributed by atoms with Gasteiger partial charge in [0.25, 0.3) is 5.91 Å². The van der Waals surface area contributed by atoms with Crippen molar-refractivity contribution in [2.24, 2.45) is 5.10 Å². The van der Waals surface area contributed by atoms with E-state index in [1.54, 1.807) is 63.6 Å². The van der Waals surface area contributed by atoms with Crippen molar-refractivity contribution in [3.8, 4) is 17.2 Å². The molecule has 0 fully saturated rings. The summed E-state index contributed by atoms with van der Waals surface area (Å²) >= 11 is 5.81.